The summed E-state index contributed by atoms with van der Waals surface area (Å²) >= 11 is 0.856. The van der Waals surface area contributed by atoms with Crippen molar-refractivity contribution in [3.8, 4) is 17.2 Å². The number of ether oxygens (including phenoxy) is 2. The van der Waals surface area contributed by atoms with Gasteiger partial charge >= 0.3 is 0 Å². The molecule has 7 heteroatoms. The molecule has 2 aromatic carbocycles. The van der Waals surface area contributed by atoms with Crippen LogP contribution in [0.15, 0.2) is 47.4 Å². The molecule has 1 heterocycles. The summed E-state index contributed by atoms with van der Waals surface area (Å²) in [7, 11) is 1.44. The monoisotopic (exact) mass is 371 g/mol. The van der Waals surface area contributed by atoms with Crippen molar-refractivity contribution in [2.24, 2.45) is 0 Å². The number of aromatic hydroxyl groups is 1. The van der Waals surface area contributed by atoms with E-state index < -0.39 is 5.91 Å². The number of benzene rings is 2. The highest BCUT2D eigenvalue weighted by Gasteiger charge is 2.37. The largest absolute Gasteiger partial charge is 0.504 e. The lowest BCUT2D eigenvalue weighted by atomic mass is 10.2. The molecule has 26 heavy (non-hydrogen) atoms. The van der Waals surface area contributed by atoms with Crippen molar-refractivity contribution in [1.29, 1.82) is 0 Å². The number of phenols is 1. The Labute approximate surface area is 155 Å². The molecule has 0 unspecified atom stereocenters. The number of imide groups is 1. The number of carbonyl (C=O) groups is 2. The van der Waals surface area contributed by atoms with Crippen molar-refractivity contribution >= 4 is 34.7 Å². The number of para-hydroxylation sites is 2. The van der Waals surface area contributed by atoms with Gasteiger partial charge in [-0.05, 0) is 54.6 Å². The Balaban J connectivity index is 1.95. The van der Waals surface area contributed by atoms with Crippen molar-refractivity contribution in [3.05, 3.63) is 52.9 Å². The van der Waals surface area contributed by atoms with E-state index in [0.717, 1.165) is 16.7 Å². The molecule has 3 rings (SSSR count). The van der Waals surface area contributed by atoms with Gasteiger partial charge in [-0.25, -0.2) is 4.90 Å². The smallest absolute Gasteiger partial charge is 0.298 e. The molecular weight excluding hydrogens is 354 g/mol. The van der Waals surface area contributed by atoms with Crippen molar-refractivity contribution in [1.82, 2.24) is 0 Å². The fraction of sp³-hybridized carbons (Fsp3) is 0.158. The van der Waals surface area contributed by atoms with E-state index in [0.29, 0.717) is 29.4 Å². The maximum Gasteiger partial charge on any atom is 0.298 e. The fourth-order valence-corrected chi connectivity index (χ4v) is 3.36. The van der Waals surface area contributed by atoms with Crippen LogP contribution in [0.5, 0.6) is 17.2 Å². The Morgan fingerprint density at radius 2 is 1.92 bits per heavy atom. The van der Waals surface area contributed by atoms with Crippen LogP contribution in [0, 0.1) is 0 Å². The molecule has 0 aromatic heterocycles. The first-order valence-electron chi connectivity index (χ1n) is 7.92. The van der Waals surface area contributed by atoms with Crippen LogP contribution in [-0.4, -0.2) is 30.0 Å². The van der Waals surface area contributed by atoms with Crippen LogP contribution >= 0.6 is 11.8 Å². The van der Waals surface area contributed by atoms with E-state index in [-0.39, 0.29) is 15.9 Å². The Kier molecular flexibility index (Phi) is 5.18. The molecule has 0 aliphatic carbocycles. The average molecular weight is 371 g/mol. The van der Waals surface area contributed by atoms with Crippen LogP contribution in [0.1, 0.15) is 12.5 Å². The minimum atomic E-state index is -0.417. The number of thioether (sulfide) groups is 1. The quantitative estimate of drug-likeness (QED) is 0.800. The second kappa shape index (κ2) is 7.53. The molecule has 1 aliphatic rings. The van der Waals surface area contributed by atoms with Gasteiger partial charge in [0.2, 0.25) is 0 Å². The van der Waals surface area contributed by atoms with E-state index in [1.807, 2.05) is 6.92 Å². The number of nitrogens with zero attached hydrogens (tertiary/aromatic N) is 1. The Morgan fingerprint density at radius 1 is 1.15 bits per heavy atom. The lowest BCUT2D eigenvalue weighted by Crippen LogP contribution is -2.28. The molecule has 6 nitrogen and oxygen atoms in total. The topological polar surface area (TPSA) is 76.1 Å². The van der Waals surface area contributed by atoms with Gasteiger partial charge in [0.1, 0.15) is 5.75 Å². The van der Waals surface area contributed by atoms with Crippen molar-refractivity contribution in [2.45, 2.75) is 6.92 Å². The number of amides is 2. The third-order valence-corrected chi connectivity index (χ3v) is 4.57. The SMILES string of the molecule is CCOc1ccccc1N1C(=O)S/C(=C\c2ccc(O)c(OC)c2)C1=O. The molecule has 0 spiro atoms. The lowest BCUT2D eigenvalue weighted by Gasteiger charge is -2.16. The maximum absolute atomic E-state index is 12.8. The number of methoxy groups -OCH3 is 1. The van der Waals surface area contributed by atoms with Crippen LogP contribution in [-0.2, 0) is 4.79 Å². The lowest BCUT2D eigenvalue weighted by molar-refractivity contribution is -0.113. The van der Waals surface area contributed by atoms with E-state index >= 15 is 0 Å². The number of carbonyl (C=O) groups excluding carboxylic acids is 2. The molecule has 1 aliphatic heterocycles. The number of hydrogen-bond donors (Lipinski definition) is 1. The Bertz CT molecular complexity index is 893. The predicted octanol–water partition coefficient (Wildman–Crippen LogP) is 4.04. The summed E-state index contributed by atoms with van der Waals surface area (Å²) < 4.78 is 10.6. The molecule has 1 saturated heterocycles. The second-order valence-corrected chi connectivity index (χ2v) is 6.34. The molecule has 2 amide bonds. The van der Waals surface area contributed by atoms with E-state index in [4.69, 9.17) is 9.47 Å². The average Bonchev–Trinajstić information content (AvgIpc) is 2.91. The summed E-state index contributed by atoms with van der Waals surface area (Å²) in [5, 5.41) is 9.28. The molecule has 0 saturated carbocycles. The van der Waals surface area contributed by atoms with Crippen molar-refractivity contribution in [3.63, 3.8) is 0 Å². The normalized spacial score (nSPS) is 15.6. The number of phenolic OH excluding ortho intramolecular Hbond substituents is 1. The van der Waals surface area contributed by atoms with Crippen LogP contribution in [0.25, 0.3) is 6.08 Å². The van der Waals surface area contributed by atoms with E-state index in [2.05, 4.69) is 0 Å². The highest BCUT2D eigenvalue weighted by Crippen LogP contribution is 2.40. The third kappa shape index (κ3) is 3.39. The maximum atomic E-state index is 12.8. The molecule has 1 fully saturated rings. The van der Waals surface area contributed by atoms with Gasteiger partial charge in [-0.3, -0.25) is 9.59 Å². The number of anilines is 1. The van der Waals surface area contributed by atoms with E-state index in [9.17, 15) is 14.7 Å². The zero-order valence-corrected chi connectivity index (χ0v) is 15.1. The summed E-state index contributed by atoms with van der Waals surface area (Å²) in [6, 6.07) is 11.6. The van der Waals surface area contributed by atoms with Crippen LogP contribution in [0.2, 0.25) is 0 Å². The first-order valence-corrected chi connectivity index (χ1v) is 8.73. The molecule has 0 bridgehead atoms. The van der Waals surface area contributed by atoms with Gasteiger partial charge < -0.3 is 14.6 Å². The molecule has 0 radical (unpaired) electrons. The van der Waals surface area contributed by atoms with Gasteiger partial charge in [0.15, 0.2) is 11.5 Å². The van der Waals surface area contributed by atoms with Gasteiger partial charge in [0.25, 0.3) is 11.1 Å². The zero-order chi connectivity index (χ0) is 18.7. The summed E-state index contributed by atoms with van der Waals surface area (Å²) in [4.78, 5) is 26.6. The fourth-order valence-electron chi connectivity index (χ4n) is 2.53. The highest BCUT2D eigenvalue weighted by molar-refractivity contribution is 8.19. The summed E-state index contributed by atoms with van der Waals surface area (Å²) in [6.45, 7) is 2.26. The molecule has 134 valence electrons. The van der Waals surface area contributed by atoms with Gasteiger partial charge in [0, 0.05) is 0 Å². The molecule has 2 aromatic rings. The van der Waals surface area contributed by atoms with E-state index in [1.54, 1.807) is 42.5 Å². The van der Waals surface area contributed by atoms with Crippen molar-refractivity contribution in [2.75, 3.05) is 18.6 Å². The molecule has 0 atom stereocenters. The second-order valence-electron chi connectivity index (χ2n) is 5.35. The summed E-state index contributed by atoms with van der Waals surface area (Å²) in [5.74, 6) is 0.354. The first-order chi connectivity index (χ1) is 12.5. The third-order valence-electron chi connectivity index (χ3n) is 3.70. The Hall–Kier alpha value is -2.93. The number of rotatable bonds is 5. The molecule has 1 N–H and O–H groups in total. The number of hydrogen-bond acceptors (Lipinski definition) is 6. The van der Waals surface area contributed by atoms with Gasteiger partial charge in [-0.15, -0.1) is 0 Å². The van der Waals surface area contributed by atoms with Crippen LogP contribution < -0.4 is 14.4 Å². The minimum Gasteiger partial charge on any atom is -0.504 e. The van der Waals surface area contributed by atoms with E-state index in [1.165, 1.54) is 13.2 Å². The predicted molar refractivity (Wildman–Crippen MR) is 101 cm³/mol. The highest BCUT2D eigenvalue weighted by atomic mass is 32.2. The van der Waals surface area contributed by atoms with Crippen LogP contribution in [0.4, 0.5) is 10.5 Å². The van der Waals surface area contributed by atoms with Gasteiger partial charge in [0.05, 0.1) is 24.3 Å². The Morgan fingerprint density at radius 3 is 2.65 bits per heavy atom. The summed E-state index contributed by atoms with van der Waals surface area (Å²) in [6.07, 6.45) is 1.59. The minimum absolute atomic E-state index is 0.00314. The van der Waals surface area contributed by atoms with Gasteiger partial charge in [-0.1, -0.05) is 18.2 Å². The zero-order valence-electron chi connectivity index (χ0n) is 14.3. The molecular formula is C19H17NO5S. The first kappa shape index (κ1) is 17.9. The van der Waals surface area contributed by atoms with Crippen molar-refractivity contribution < 1.29 is 24.2 Å². The standard InChI is InChI=1S/C19H17NO5S/c1-3-25-15-7-5-4-6-13(15)20-18(22)17(26-19(20)23)11-12-8-9-14(21)16(10-12)24-2/h4-11,21H,3H2,1-2H3/b17-11-. The van der Waals surface area contributed by atoms with Gasteiger partial charge in [-0.2, -0.15) is 0 Å². The summed E-state index contributed by atoms with van der Waals surface area (Å²) in [5.41, 5.74) is 1.06. The van der Waals surface area contributed by atoms with Crippen LogP contribution in [0.3, 0.4) is 0 Å².